The second kappa shape index (κ2) is 8.30. The molecular weight excluding hydrogens is 326 g/mol. The van der Waals surface area contributed by atoms with E-state index in [1.807, 2.05) is 4.68 Å². The predicted octanol–water partition coefficient (Wildman–Crippen LogP) is 2.57. The van der Waals surface area contributed by atoms with Gasteiger partial charge in [0.15, 0.2) is 5.69 Å². The lowest BCUT2D eigenvalue weighted by molar-refractivity contribution is 0.0777. The van der Waals surface area contributed by atoms with E-state index in [2.05, 4.69) is 34.8 Å². The van der Waals surface area contributed by atoms with E-state index in [0.29, 0.717) is 23.1 Å². The molecule has 2 aliphatic rings. The minimum absolute atomic E-state index is 0. The smallest absolute Gasteiger partial charge is 0.273 e. The fraction of sp³-hybridized carbons (Fsp3) is 0.824. The normalized spacial score (nSPS) is 20.3. The molecular formula is C17H30ClN5O. The minimum atomic E-state index is -0.0831. The summed E-state index contributed by atoms with van der Waals surface area (Å²) in [7, 11) is 0. The molecule has 24 heavy (non-hydrogen) atoms. The molecule has 2 heterocycles. The highest BCUT2D eigenvalue weighted by atomic mass is 35.5. The summed E-state index contributed by atoms with van der Waals surface area (Å²) in [6.45, 7) is 7.29. The van der Waals surface area contributed by atoms with Crippen LogP contribution in [0.5, 0.6) is 0 Å². The van der Waals surface area contributed by atoms with E-state index < -0.39 is 0 Å². The SMILES string of the molecule is CC(C)CC1(CNC(=O)c2cn(C3CCNCC3)nn2)CCC1.Cl. The Balaban J connectivity index is 0.00000208. The molecule has 0 bridgehead atoms. The Bertz CT molecular complexity index is 535. The Morgan fingerprint density at radius 3 is 2.71 bits per heavy atom. The first-order valence-corrected chi connectivity index (χ1v) is 8.99. The average molecular weight is 356 g/mol. The number of piperidine rings is 1. The van der Waals surface area contributed by atoms with E-state index in [1.54, 1.807) is 6.20 Å². The van der Waals surface area contributed by atoms with Crippen molar-refractivity contribution in [2.75, 3.05) is 19.6 Å². The molecule has 0 spiro atoms. The van der Waals surface area contributed by atoms with Crippen molar-refractivity contribution in [3.63, 3.8) is 0 Å². The van der Waals surface area contributed by atoms with Gasteiger partial charge in [0, 0.05) is 6.54 Å². The van der Waals surface area contributed by atoms with E-state index in [-0.39, 0.29) is 18.3 Å². The lowest BCUT2D eigenvalue weighted by Gasteiger charge is -2.43. The molecule has 0 radical (unpaired) electrons. The minimum Gasteiger partial charge on any atom is -0.350 e. The summed E-state index contributed by atoms with van der Waals surface area (Å²) in [5.74, 6) is 0.591. The molecule has 1 aliphatic heterocycles. The van der Waals surface area contributed by atoms with Crippen LogP contribution in [0.3, 0.4) is 0 Å². The fourth-order valence-electron chi connectivity index (χ4n) is 3.98. The van der Waals surface area contributed by atoms with Crippen molar-refractivity contribution in [3.05, 3.63) is 11.9 Å². The van der Waals surface area contributed by atoms with Crippen molar-refractivity contribution in [2.24, 2.45) is 11.3 Å². The highest BCUT2D eigenvalue weighted by Crippen LogP contribution is 2.45. The van der Waals surface area contributed by atoms with Gasteiger partial charge < -0.3 is 10.6 Å². The van der Waals surface area contributed by atoms with Crippen LogP contribution in [0.1, 0.15) is 68.9 Å². The van der Waals surface area contributed by atoms with Crippen LogP contribution >= 0.6 is 12.4 Å². The lowest BCUT2D eigenvalue weighted by Crippen LogP contribution is -2.43. The van der Waals surface area contributed by atoms with Crippen LogP contribution in [-0.4, -0.2) is 40.5 Å². The van der Waals surface area contributed by atoms with E-state index in [0.717, 1.165) is 32.5 Å². The number of hydrogen-bond donors (Lipinski definition) is 2. The van der Waals surface area contributed by atoms with Crippen LogP contribution in [0, 0.1) is 11.3 Å². The Labute approximate surface area is 150 Å². The maximum atomic E-state index is 12.4. The molecule has 2 fully saturated rings. The van der Waals surface area contributed by atoms with Gasteiger partial charge in [-0.3, -0.25) is 4.79 Å². The monoisotopic (exact) mass is 355 g/mol. The Morgan fingerprint density at radius 1 is 1.42 bits per heavy atom. The Hall–Kier alpha value is -1.14. The van der Waals surface area contributed by atoms with Gasteiger partial charge in [-0.15, -0.1) is 17.5 Å². The van der Waals surface area contributed by atoms with Crippen LogP contribution in [0.2, 0.25) is 0 Å². The number of nitrogens with one attached hydrogen (secondary N) is 2. The first-order chi connectivity index (χ1) is 11.1. The molecule has 1 saturated carbocycles. The van der Waals surface area contributed by atoms with Crippen molar-refractivity contribution in [3.8, 4) is 0 Å². The maximum Gasteiger partial charge on any atom is 0.273 e. The van der Waals surface area contributed by atoms with Crippen LogP contribution in [0.25, 0.3) is 0 Å². The van der Waals surface area contributed by atoms with Crippen LogP contribution in [0.4, 0.5) is 0 Å². The van der Waals surface area contributed by atoms with Crippen molar-refractivity contribution in [1.29, 1.82) is 0 Å². The zero-order valence-electron chi connectivity index (χ0n) is 14.8. The van der Waals surface area contributed by atoms with Gasteiger partial charge in [-0.05, 0) is 56.5 Å². The maximum absolute atomic E-state index is 12.4. The van der Waals surface area contributed by atoms with Crippen molar-refractivity contribution in [2.45, 2.75) is 58.4 Å². The summed E-state index contributed by atoms with van der Waals surface area (Å²) in [6.07, 6.45) is 8.83. The first-order valence-electron chi connectivity index (χ1n) is 8.99. The number of hydrogen-bond acceptors (Lipinski definition) is 4. The van der Waals surface area contributed by atoms with Gasteiger partial charge >= 0.3 is 0 Å². The molecule has 7 heteroatoms. The third-order valence-corrected chi connectivity index (χ3v) is 5.31. The van der Waals surface area contributed by atoms with E-state index in [9.17, 15) is 4.79 Å². The summed E-state index contributed by atoms with van der Waals surface area (Å²) in [6, 6.07) is 0.365. The molecule has 3 rings (SSSR count). The second-order valence-corrected chi connectivity index (χ2v) is 7.70. The molecule has 1 aliphatic carbocycles. The Morgan fingerprint density at radius 2 is 2.12 bits per heavy atom. The highest BCUT2D eigenvalue weighted by Gasteiger charge is 2.37. The molecule has 1 amide bonds. The summed E-state index contributed by atoms with van der Waals surface area (Å²) in [5.41, 5.74) is 0.761. The van der Waals surface area contributed by atoms with Crippen LogP contribution < -0.4 is 10.6 Å². The zero-order valence-corrected chi connectivity index (χ0v) is 15.6. The largest absolute Gasteiger partial charge is 0.350 e. The van der Waals surface area contributed by atoms with Gasteiger partial charge in [0.25, 0.3) is 5.91 Å². The molecule has 0 atom stereocenters. The summed E-state index contributed by atoms with van der Waals surface area (Å²) in [5, 5.41) is 14.7. The second-order valence-electron chi connectivity index (χ2n) is 7.70. The van der Waals surface area contributed by atoms with Gasteiger partial charge in [0.2, 0.25) is 0 Å². The molecule has 0 aromatic carbocycles. The van der Waals surface area contributed by atoms with E-state index >= 15 is 0 Å². The standard InChI is InChI=1S/C17H29N5O.ClH/c1-13(2)10-17(6-3-7-17)12-19-16(23)15-11-22(21-20-15)14-4-8-18-9-5-14;/h11,13-14,18H,3-10,12H2,1-2H3,(H,19,23);1H. The molecule has 136 valence electrons. The predicted molar refractivity (Wildman–Crippen MR) is 96.5 cm³/mol. The van der Waals surface area contributed by atoms with Crippen molar-refractivity contribution in [1.82, 2.24) is 25.6 Å². The molecule has 0 unspecified atom stereocenters. The third-order valence-electron chi connectivity index (χ3n) is 5.31. The lowest BCUT2D eigenvalue weighted by atomic mass is 9.64. The number of halogens is 1. The van der Waals surface area contributed by atoms with Crippen molar-refractivity contribution >= 4 is 18.3 Å². The number of nitrogens with zero attached hydrogens (tertiary/aromatic N) is 3. The van der Waals surface area contributed by atoms with Gasteiger partial charge in [-0.25, -0.2) is 4.68 Å². The average Bonchev–Trinajstić information content (AvgIpc) is 3.00. The number of amides is 1. The molecule has 1 aromatic heterocycles. The summed E-state index contributed by atoms with van der Waals surface area (Å²) < 4.78 is 1.86. The number of carbonyl (C=O) groups is 1. The number of rotatable bonds is 6. The van der Waals surface area contributed by atoms with Crippen molar-refractivity contribution < 1.29 is 4.79 Å². The summed E-state index contributed by atoms with van der Waals surface area (Å²) >= 11 is 0. The Kier molecular flexibility index (Phi) is 6.63. The number of aromatic nitrogens is 3. The van der Waals surface area contributed by atoms with Gasteiger partial charge in [0.05, 0.1) is 12.2 Å². The van der Waals surface area contributed by atoms with Crippen LogP contribution in [0.15, 0.2) is 6.20 Å². The highest BCUT2D eigenvalue weighted by molar-refractivity contribution is 5.91. The number of carbonyl (C=O) groups excluding carboxylic acids is 1. The molecule has 6 nitrogen and oxygen atoms in total. The fourth-order valence-corrected chi connectivity index (χ4v) is 3.98. The first kappa shape index (κ1) is 19.2. The van der Waals surface area contributed by atoms with Gasteiger partial charge in [-0.2, -0.15) is 0 Å². The zero-order chi connectivity index (χ0) is 16.3. The molecule has 1 saturated heterocycles. The van der Waals surface area contributed by atoms with Gasteiger partial charge in [0.1, 0.15) is 0 Å². The summed E-state index contributed by atoms with van der Waals surface area (Å²) in [4.78, 5) is 12.4. The van der Waals surface area contributed by atoms with Gasteiger partial charge in [-0.1, -0.05) is 25.5 Å². The topological polar surface area (TPSA) is 71.8 Å². The third kappa shape index (κ3) is 4.48. The molecule has 2 N–H and O–H groups in total. The van der Waals surface area contributed by atoms with E-state index in [4.69, 9.17) is 0 Å². The van der Waals surface area contributed by atoms with E-state index in [1.165, 1.54) is 25.7 Å². The van der Waals surface area contributed by atoms with Crippen LogP contribution in [-0.2, 0) is 0 Å². The quantitative estimate of drug-likeness (QED) is 0.822. The molecule has 1 aromatic rings.